The number of benzene rings is 1. The Kier molecular flexibility index (Phi) is 8.66. The molecule has 160 valence electrons. The van der Waals surface area contributed by atoms with Crippen molar-refractivity contribution in [3.63, 3.8) is 0 Å². The molecule has 3 rings (SSSR count). The number of aliphatic hydroxyl groups excluding tert-OH is 1. The molecular formula is C23H28N2O3S2. The van der Waals surface area contributed by atoms with E-state index in [9.17, 15) is 14.7 Å². The highest BCUT2D eigenvalue weighted by molar-refractivity contribution is 8.26. The molecule has 1 unspecified atom stereocenters. The Labute approximate surface area is 187 Å². The number of allylic oxidation sites excluding steroid dienone is 2. The van der Waals surface area contributed by atoms with E-state index in [1.54, 1.807) is 11.0 Å². The summed E-state index contributed by atoms with van der Waals surface area (Å²) >= 11 is 6.68. The third-order valence-corrected chi connectivity index (χ3v) is 6.79. The van der Waals surface area contributed by atoms with Crippen molar-refractivity contribution in [3.05, 3.63) is 53.0 Å². The van der Waals surface area contributed by atoms with Crippen molar-refractivity contribution >= 4 is 46.2 Å². The Bertz CT molecular complexity index is 821. The molecule has 1 N–H and O–H groups in total. The summed E-state index contributed by atoms with van der Waals surface area (Å²) in [6, 6.07) is 10.0. The number of piperidine rings is 1. The van der Waals surface area contributed by atoms with Crippen LogP contribution in [0, 0.1) is 0 Å². The molecule has 7 heteroatoms. The normalized spacial score (nSPS) is 21.2. The topological polar surface area (TPSA) is 60.9 Å². The fourth-order valence-electron chi connectivity index (χ4n) is 3.83. The molecule has 2 saturated heterocycles. The molecular weight excluding hydrogens is 416 g/mol. The summed E-state index contributed by atoms with van der Waals surface area (Å²) in [6.45, 7) is 1.33. The molecule has 0 spiro atoms. The fraction of sp³-hybridized carbons (Fsp3) is 0.435. The fourth-order valence-corrected chi connectivity index (χ4v) is 5.09. The number of rotatable bonds is 8. The molecule has 30 heavy (non-hydrogen) atoms. The van der Waals surface area contributed by atoms with Gasteiger partial charge in [0, 0.05) is 32.2 Å². The molecule has 0 bridgehead atoms. The predicted octanol–water partition coefficient (Wildman–Crippen LogP) is 3.99. The van der Waals surface area contributed by atoms with Gasteiger partial charge in [0.2, 0.25) is 5.91 Å². The van der Waals surface area contributed by atoms with Crippen LogP contribution < -0.4 is 0 Å². The number of thiocarbonyl (C=S) groups is 1. The Morgan fingerprint density at radius 1 is 1.27 bits per heavy atom. The second-order valence-corrected chi connectivity index (χ2v) is 9.15. The number of carbonyl (C=O) groups excluding carboxylic acids is 2. The van der Waals surface area contributed by atoms with Crippen LogP contribution in [0.1, 0.15) is 44.1 Å². The number of aliphatic hydroxyl groups is 1. The summed E-state index contributed by atoms with van der Waals surface area (Å²) in [5.74, 6) is 0.0196. The Hall–Kier alpha value is -1.96. The van der Waals surface area contributed by atoms with Gasteiger partial charge in [-0.2, -0.15) is 0 Å². The van der Waals surface area contributed by atoms with Crippen LogP contribution in [0.3, 0.4) is 0 Å². The van der Waals surface area contributed by atoms with E-state index in [1.165, 1.54) is 11.8 Å². The average Bonchev–Trinajstić information content (AvgIpc) is 3.02. The van der Waals surface area contributed by atoms with E-state index in [1.807, 2.05) is 47.4 Å². The summed E-state index contributed by atoms with van der Waals surface area (Å²) in [5, 5.41) is 9.24. The second kappa shape index (κ2) is 11.4. The number of thioether (sulfide) groups is 1. The van der Waals surface area contributed by atoms with E-state index >= 15 is 0 Å². The zero-order valence-corrected chi connectivity index (χ0v) is 18.7. The number of hydrogen-bond donors (Lipinski definition) is 1. The van der Waals surface area contributed by atoms with Gasteiger partial charge < -0.3 is 10.0 Å². The maximum absolute atomic E-state index is 12.7. The maximum Gasteiger partial charge on any atom is 0.266 e. The van der Waals surface area contributed by atoms with Gasteiger partial charge in [0.15, 0.2) is 0 Å². The van der Waals surface area contributed by atoms with E-state index in [4.69, 9.17) is 12.2 Å². The Balaban J connectivity index is 1.50. The van der Waals surface area contributed by atoms with Crippen LogP contribution in [-0.4, -0.2) is 56.8 Å². The first kappa shape index (κ1) is 22.7. The van der Waals surface area contributed by atoms with E-state index in [0.29, 0.717) is 35.0 Å². The zero-order chi connectivity index (χ0) is 21.3. The lowest BCUT2D eigenvalue weighted by molar-refractivity contribution is -0.135. The molecule has 1 aromatic carbocycles. The van der Waals surface area contributed by atoms with Gasteiger partial charge in [-0.05, 0) is 43.7 Å². The van der Waals surface area contributed by atoms with Crippen LogP contribution in [-0.2, 0) is 9.59 Å². The molecule has 1 aromatic rings. The molecule has 2 fully saturated rings. The van der Waals surface area contributed by atoms with E-state index in [2.05, 4.69) is 0 Å². The molecule has 0 aliphatic carbocycles. The second-order valence-electron chi connectivity index (χ2n) is 7.48. The lowest BCUT2D eigenvalue weighted by Gasteiger charge is -2.35. The number of carbonyl (C=O) groups is 2. The smallest absolute Gasteiger partial charge is 0.266 e. The van der Waals surface area contributed by atoms with Gasteiger partial charge in [0.05, 0.1) is 4.91 Å². The number of amides is 2. The van der Waals surface area contributed by atoms with Gasteiger partial charge >= 0.3 is 0 Å². The molecule has 2 heterocycles. The minimum atomic E-state index is -0.0914. The largest absolute Gasteiger partial charge is 0.396 e. The quantitative estimate of drug-likeness (QED) is 0.485. The van der Waals surface area contributed by atoms with Crippen LogP contribution in [0.15, 0.2) is 47.4 Å². The summed E-state index contributed by atoms with van der Waals surface area (Å²) in [7, 11) is 0. The van der Waals surface area contributed by atoms with Crippen molar-refractivity contribution in [3.8, 4) is 0 Å². The predicted molar refractivity (Wildman–Crippen MR) is 126 cm³/mol. The van der Waals surface area contributed by atoms with Crippen LogP contribution in [0.4, 0.5) is 0 Å². The minimum absolute atomic E-state index is 0.0914. The maximum atomic E-state index is 12.7. The minimum Gasteiger partial charge on any atom is -0.396 e. The summed E-state index contributed by atoms with van der Waals surface area (Å²) in [6.07, 6.45) is 10.3. The number of likely N-dealkylation sites (tertiary alicyclic amines) is 1. The number of hydrogen-bond acceptors (Lipinski definition) is 5. The highest BCUT2D eigenvalue weighted by Gasteiger charge is 2.32. The SMILES string of the molecule is O=C1/C(=C/C=C/c2ccccc2)SC(=S)N1CCCC(=O)N1CCCCC1CCO. The van der Waals surface area contributed by atoms with Gasteiger partial charge in [-0.1, -0.05) is 66.5 Å². The van der Waals surface area contributed by atoms with E-state index in [0.717, 1.165) is 31.4 Å². The Morgan fingerprint density at radius 3 is 2.83 bits per heavy atom. The van der Waals surface area contributed by atoms with Gasteiger partial charge in [-0.3, -0.25) is 14.5 Å². The average molecular weight is 445 g/mol. The first-order chi connectivity index (χ1) is 14.6. The first-order valence-electron chi connectivity index (χ1n) is 10.5. The highest BCUT2D eigenvalue weighted by Crippen LogP contribution is 2.31. The third kappa shape index (κ3) is 6.03. The van der Waals surface area contributed by atoms with Crippen molar-refractivity contribution in [1.82, 2.24) is 9.80 Å². The monoisotopic (exact) mass is 444 g/mol. The van der Waals surface area contributed by atoms with Crippen molar-refractivity contribution in [2.45, 2.75) is 44.6 Å². The van der Waals surface area contributed by atoms with Crippen molar-refractivity contribution in [2.24, 2.45) is 0 Å². The van der Waals surface area contributed by atoms with Crippen LogP contribution >= 0.6 is 24.0 Å². The third-order valence-electron chi connectivity index (χ3n) is 5.39. The standard InChI is InChI=1S/C23H28N2O3S2/c26-17-14-19-11-4-5-15-24(19)21(27)13-7-16-25-22(28)20(30-23(25)29)12-6-10-18-8-2-1-3-9-18/h1-3,6,8-10,12,19,26H,4-5,7,11,13-17H2/b10-6+,20-12-. The van der Waals surface area contributed by atoms with Crippen LogP contribution in [0.2, 0.25) is 0 Å². The molecule has 0 radical (unpaired) electrons. The zero-order valence-electron chi connectivity index (χ0n) is 17.0. The first-order valence-corrected chi connectivity index (χ1v) is 11.7. The molecule has 0 saturated carbocycles. The molecule has 1 atom stereocenters. The molecule has 5 nitrogen and oxygen atoms in total. The summed E-state index contributed by atoms with van der Waals surface area (Å²) < 4.78 is 0.544. The molecule has 2 aliphatic heterocycles. The van der Waals surface area contributed by atoms with Gasteiger partial charge in [-0.25, -0.2) is 0 Å². The van der Waals surface area contributed by atoms with E-state index in [-0.39, 0.29) is 24.5 Å². The summed E-state index contributed by atoms with van der Waals surface area (Å²) in [5.41, 5.74) is 1.07. The van der Waals surface area contributed by atoms with Gasteiger partial charge in [-0.15, -0.1) is 0 Å². The van der Waals surface area contributed by atoms with Crippen LogP contribution in [0.5, 0.6) is 0 Å². The van der Waals surface area contributed by atoms with Crippen molar-refractivity contribution in [1.29, 1.82) is 0 Å². The van der Waals surface area contributed by atoms with Crippen molar-refractivity contribution < 1.29 is 14.7 Å². The van der Waals surface area contributed by atoms with Gasteiger partial charge in [0.25, 0.3) is 5.91 Å². The number of nitrogens with zero attached hydrogens (tertiary/aromatic N) is 2. The molecule has 0 aromatic heterocycles. The van der Waals surface area contributed by atoms with Crippen molar-refractivity contribution in [2.75, 3.05) is 19.7 Å². The molecule has 2 amide bonds. The lowest BCUT2D eigenvalue weighted by atomic mass is 9.99. The van der Waals surface area contributed by atoms with Crippen LogP contribution in [0.25, 0.3) is 6.08 Å². The Morgan fingerprint density at radius 2 is 2.07 bits per heavy atom. The lowest BCUT2D eigenvalue weighted by Crippen LogP contribution is -2.44. The highest BCUT2D eigenvalue weighted by atomic mass is 32.2. The van der Waals surface area contributed by atoms with Gasteiger partial charge in [0.1, 0.15) is 4.32 Å². The molecule has 2 aliphatic rings. The van der Waals surface area contributed by atoms with E-state index < -0.39 is 0 Å². The summed E-state index contributed by atoms with van der Waals surface area (Å²) in [4.78, 5) is 29.4.